The van der Waals surface area contributed by atoms with E-state index < -0.39 is 12.8 Å². The maximum Gasteiger partial charge on any atom is 0.411 e. The van der Waals surface area contributed by atoms with E-state index in [0.29, 0.717) is 12.5 Å². The monoisotopic (exact) mass is 254 g/mol. The number of alkyl halides is 3. The van der Waals surface area contributed by atoms with E-state index >= 15 is 0 Å². The topological polar surface area (TPSA) is 24.5 Å². The Morgan fingerprint density at radius 3 is 2.76 bits per heavy atom. The van der Waals surface area contributed by atoms with Gasteiger partial charge >= 0.3 is 6.18 Å². The number of hydrogen-bond acceptors (Lipinski definition) is 3. The molecule has 1 N–H and O–H groups in total. The van der Waals surface area contributed by atoms with Crippen molar-refractivity contribution < 1.29 is 17.9 Å². The van der Waals surface area contributed by atoms with Crippen LogP contribution in [0.4, 0.5) is 13.2 Å². The first-order valence-electron chi connectivity index (χ1n) is 6.01. The molecule has 1 aliphatic rings. The van der Waals surface area contributed by atoms with Gasteiger partial charge in [0.2, 0.25) is 0 Å². The third kappa shape index (κ3) is 7.57. The molecule has 6 heteroatoms. The Morgan fingerprint density at radius 2 is 2.18 bits per heavy atom. The summed E-state index contributed by atoms with van der Waals surface area (Å²) in [6.07, 6.45) is -1.84. The van der Waals surface area contributed by atoms with Crippen LogP contribution in [0.25, 0.3) is 0 Å². The SMILES string of the molecule is CN(CCOCC(F)(F)F)CC1CCCNC1. The summed E-state index contributed by atoms with van der Waals surface area (Å²) < 4.78 is 40.0. The molecular weight excluding hydrogens is 233 g/mol. The first-order valence-corrected chi connectivity index (χ1v) is 6.01. The number of nitrogens with one attached hydrogen (secondary N) is 1. The van der Waals surface area contributed by atoms with E-state index in [4.69, 9.17) is 0 Å². The van der Waals surface area contributed by atoms with Gasteiger partial charge in [-0.05, 0) is 38.9 Å². The molecule has 0 spiro atoms. The van der Waals surface area contributed by atoms with Crippen molar-refractivity contribution >= 4 is 0 Å². The lowest BCUT2D eigenvalue weighted by molar-refractivity contribution is -0.174. The van der Waals surface area contributed by atoms with Crippen molar-refractivity contribution in [2.24, 2.45) is 5.92 Å². The van der Waals surface area contributed by atoms with Crippen molar-refractivity contribution in [3.63, 3.8) is 0 Å². The van der Waals surface area contributed by atoms with Crippen LogP contribution < -0.4 is 5.32 Å². The van der Waals surface area contributed by atoms with E-state index in [9.17, 15) is 13.2 Å². The van der Waals surface area contributed by atoms with Gasteiger partial charge in [0, 0.05) is 13.1 Å². The molecule has 1 fully saturated rings. The highest BCUT2D eigenvalue weighted by atomic mass is 19.4. The van der Waals surface area contributed by atoms with Crippen LogP contribution in [0, 0.1) is 5.92 Å². The number of hydrogen-bond donors (Lipinski definition) is 1. The van der Waals surface area contributed by atoms with E-state index in [-0.39, 0.29) is 6.61 Å². The van der Waals surface area contributed by atoms with Gasteiger partial charge in [-0.2, -0.15) is 13.2 Å². The van der Waals surface area contributed by atoms with Crippen molar-refractivity contribution in [3.05, 3.63) is 0 Å². The number of piperidine rings is 1. The first-order chi connectivity index (χ1) is 7.97. The number of rotatable bonds is 6. The second-order valence-electron chi connectivity index (χ2n) is 4.64. The van der Waals surface area contributed by atoms with Crippen molar-refractivity contribution in [3.8, 4) is 0 Å². The van der Waals surface area contributed by atoms with E-state index in [0.717, 1.165) is 19.6 Å². The molecule has 0 aliphatic carbocycles. The molecule has 102 valence electrons. The van der Waals surface area contributed by atoms with Gasteiger partial charge in [0.25, 0.3) is 0 Å². The predicted molar refractivity (Wildman–Crippen MR) is 60.0 cm³/mol. The molecule has 1 aliphatic heterocycles. The molecular formula is C11H21F3N2O. The minimum absolute atomic E-state index is 0.135. The van der Waals surface area contributed by atoms with Crippen molar-refractivity contribution in [1.82, 2.24) is 10.2 Å². The predicted octanol–water partition coefficient (Wildman–Crippen LogP) is 1.50. The Hall–Kier alpha value is -0.330. The van der Waals surface area contributed by atoms with E-state index in [1.165, 1.54) is 12.8 Å². The van der Waals surface area contributed by atoms with E-state index in [1.807, 2.05) is 11.9 Å². The molecule has 0 aromatic carbocycles. The third-order valence-electron chi connectivity index (χ3n) is 2.85. The summed E-state index contributed by atoms with van der Waals surface area (Å²) in [5.41, 5.74) is 0. The molecule has 0 bridgehead atoms. The first kappa shape index (κ1) is 14.7. The summed E-state index contributed by atoms with van der Waals surface area (Å²) in [4.78, 5) is 2.04. The summed E-state index contributed by atoms with van der Waals surface area (Å²) in [7, 11) is 1.92. The molecule has 1 saturated heterocycles. The molecule has 17 heavy (non-hydrogen) atoms. The fourth-order valence-electron chi connectivity index (χ4n) is 2.02. The maximum atomic E-state index is 11.8. The number of likely N-dealkylation sites (N-methyl/N-ethyl adjacent to an activating group) is 1. The highest BCUT2D eigenvalue weighted by Crippen LogP contribution is 2.14. The zero-order valence-electron chi connectivity index (χ0n) is 10.2. The summed E-state index contributed by atoms with van der Waals surface area (Å²) >= 11 is 0. The van der Waals surface area contributed by atoms with Gasteiger partial charge in [0.15, 0.2) is 0 Å². The van der Waals surface area contributed by atoms with Gasteiger partial charge in [-0.3, -0.25) is 0 Å². The summed E-state index contributed by atoms with van der Waals surface area (Å²) in [5, 5.41) is 3.32. The second-order valence-corrected chi connectivity index (χ2v) is 4.64. The molecule has 0 radical (unpaired) electrons. The van der Waals surface area contributed by atoms with Gasteiger partial charge in [-0.25, -0.2) is 0 Å². The Bertz CT molecular complexity index is 205. The van der Waals surface area contributed by atoms with Gasteiger partial charge in [-0.15, -0.1) is 0 Å². The van der Waals surface area contributed by atoms with Crippen LogP contribution >= 0.6 is 0 Å². The van der Waals surface area contributed by atoms with Crippen LogP contribution in [0.3, 0.4) is 0 Å². The highest BCUT2D eigenvalue weighted by molar-refractivity contribution is 4.71. The summed E-state index contributed by atoms with van der Waals surface area (Å²) in [5.74, 6) is 0.608. The Balaban J connectivity index is 2.02. The molecule has 1 atom stereocenters. The third-order valence-corrected chi connectivity index (χ3v) is 2.85. The molecule has 0 aromatic rings. The molecule has 1 unspecified atom stereocenters. The lowest BCUT2D eigenvalue weighted by Gasteiger charge is -2.27. The highest BCUT2D eigenvalue weighted by Gasteiger charge is 2.27. The fraction of sp³-hybridized carbons (Fsp3) is 1.00. The summed E-state index contributed by atoms with van der Waals surface area (Å²) in [6, 6.07) is 0. The van der Waals surface area contributed by atoms with Gasteiger partial charge in [0.1, 0.15) is 6.61 Å². The largest absolute Gasteiger partial charge is 0.411 e. The normalized spacial score (nSPS) is 22.1. The molecule has 3 nitrogen and oxygen atoms in total. The number of halogens is 3. The molecule has 0 amide bonds. The van der Waals surface area contributed by atoms with Crippen LogP contribution in [0.1, 0.15) is 12.8 Å². The fourth-order valence-corrected chi connectivity index (χ4v) is 2.02. The lowest BCUT2D eigenvalue weighted by Crippen LogP contribution is -2.38. The van der Waals surface area contributed by atoms with Crippen LogP contribution in [-0.2, 0) is 4.74 Å². The smallest absolute Gasteiger partial charge is 0.371 e. The Labute approximate surface area is 100 Å². The average Bonchev–Trinajstić information content (AvgIpc) is 2.25. The Morgan fingerprint density at radius 1 is 1.41 bits per heavy atom. The Kier molecular flexibility index (Phi) is 6.22. The quantitative estimate of drug-likeness (QED) is 0.727. The minimum Gasteiger partial charge on any atom is -0.371 e. The van der Waals surface area contributed by atoms with Crippen LogP contribution in [0.5, 0.6) is 0 Å². The van der Waals surface area contributed by atoms with Gasteiger partial charge < -0.3 is 15.0 Å². The zero-order valence-corrected chi connectivity index (χ0v) is 10.2. The minimum atomic E-state index is -4.22. The second kappa shape index (κ2) is 7.18. The van der Waals surface area contributed by atoms with Crippen molar-refractivity contribution in [2.45, 2.75) is 19.0 Å². The van der Waals surface area contributed by atoms with Crippen LogP contribution in [-0.4, -0.2) is 57.5 Å². The van der Waals surface area contributed by atoms with Gasteiger partial charge in [-0.1, -0.05) is 0 Å². The van der Waals surface area contributed by atoms with Crippen LogP contribution in [0.2, 0.25) is 0 Å². The molecule has 1 rings (SSSR count). The van der Waals surface area contributed by atoms with E-state index in [1.54, 1.807) is 0 Å². The zero-order chi connectivity index (χ0) is 12.7. The van der Waals surface area contributed by atoms with Crippen LogP contribution in [0.15, 0.2) is 0 Å². The standard InChI is InChI=1S/C11H21F3N2O/c1-16(5-6-17-9-11(12,13)14)8-10-3-2-4-15-7-10/h10,15H,2-9H2,1H3. The number of nitrogens with zero attached hydrogens (tertiary/aromatic N) is 1. The average molecular weight is 254 g/mol. The maximum absolute atomic E-state index is 11.8. The number of ether oxygens (including phenoxy) is 1. The molecule has 0 aromatic heterocycles. The summed E-state index contributed by atoms with van der Waals surface area (Å²) in [6.45, 7) is 2.54. The van der Waals surface area contributed by atoms with Gasteiger partial charge in [0.05, 0.1) is 6.61 Å². The van der Waals surface area contributed by atoms with E-state index in [2.05, 4.69) is 10.1 Å². The molecule has 0 saturated carbocycles. The molecule has 1 heterocycles. The van der Waals surface area contributed by atoms with Crippen molar-refractivity contribution in [2.75, 3.05) is 46.4 Å². The van der Waals surface area contributed by atoms with Crippen molar-refractivity contribution in [1.29, 1.82) is 0 Å². The lowest BCUT2D eigenvalue weighted by atomic mass is 9.99.